The molecule has 1 saturated heterocycles. The number of aliphatic hydroxyl groups excluding tert-OH is 1. The van der Waals surface area contributed by atoms with Gasteiger partial charge < -0.3 is 28.5 Å². The predicted octanol–water partition coefficient (Wildman–Crippen LogP) is 6.04. The van der Waals surface area contributed by atoms with Gasteiger partial charge in [-0.25, -0.2) is 4.79 Å². The fraction of sp³-hybridized carbons (Fsp3) is 0.781. The molecule has 0 bridgehead atoms. The SMILES string of the molecule is CCCCCCCC(=O)O[C@H]1C(=CC(=O)OC)C[C@@H](C[C@@H](O)CO[Si](C)(C)C(C)(C)C)O[C@@]1(OC)C(C)(C)C=CC=O. The second-order valence-electron chi connectivity index (χ2n) is 13.3. The van der Waals surface area contributed by atoms with Gasteiger partial charge in [0.15, 0.2) is 14.4 Å². The highest BCUT2D eigenvalue weighted by Gasteiger charge is 2.59. The van der Waals surface area contributed by atoms with Crippen LogP contribution < -0.4 is 0 Å². The zero-order chi connectivity index (χ0) is 32.2. The molecule has 1 heterocycles. The van der Waals surface area contributed by atoms with Crippen molar-refractivity contribution in [3.63, 3.8) is 0 Å². The maximum atomic E-state index is 13.1. The summed E-state index contributed by atoms with van der Waals surface area (Å²) in [4.78, 5) is 36.9. The van der Waals surface area contributed by atoms with Gasteiger partial charge in [0.1, 0.15) is 6.29 Å². The first-order valence-corrected chi connectivity index (χ1v) is 18.1. The lowest BCUT2D eigenvalue weighted by atomic mass is 9.74. The van der Waals surface area contributed by atoms with Gasteiger partial charge in [-0.2, -0.15) is 0 Å². The molecule has 42 heavy (non-hydrogen) atoms. The van der Waals surface area contributed by atoms with E-state index in [0.29, 0.717) is 18.3 Å². The van der Waals surface area contributed by atoms with Gasteiger partial charge in [0.2, 0.25) is 5.79 Å². The first-order valence-electron chi connectivity index (χ1n) is 15.2. The van der Waals surface area contributed by atoms with Crippen LogP contribution in [0.1, 0.15) is 92.9 Å². The molecule has 1 aliphatic heterocycles. The Morgan fingerprint density at radius 1 is 1.12 bits per heavy atom. The zero-order valence-electron chi connectivity index (χ0n) is 27.6. The minimum Gasteiger partial charge on any atom is -0.466 e. The molecular formula is C32H56O9Si. The van der Waals surface area contributed by atoms with E-state index in [2.05, 4.69) is 40.8 Å². The van der Waals surface area contributed by atoms with E-state index >= 15 is 0 Å². The van der Waals surface area contributed by atoms with E-state index in [0.717, 1.165) is 25.7 Å². The van der Waals surface area contributed by atoms with Crippen LogP contribution in [-0.4, -0.2) is 76.6 Å². The molecule has 0 amide bonds. The fourth-order valence-electron chi connectivity index (χ4n) is 4.85. The molecule has 0 saturated carbocycles. The van der Waals surface area contributed by atoms with Crippen LogP contribution >= 0.6 is 0 Å². The van der Waals surface area contributed by atoms with Crippen LogP contribution in [-0.2, 0) is 37.8 Å². The Labute approximate surface area is 254 Å². The van der Waals surface area contributed by atoms with Crippen molar-refractivity contribution in [3.05, 3.63) is 23.8 Å². The number of aldehydes is 1. The minimum atomic E-state index is -2.10. The number of rotatable bonds is 17. The minimum absolute atomic E-state index is 0.0161. The monoisotopic (exact) mass is 612 g/mol. The molecule has 1 fully saturated rings. The normalized spacial score (nSPS) is 23.6. The maximum Gasteiger partial charge on any atom is 0.330 e. The molecule has 0 aliphatic carbocycles. The van der Waals surface area contributed by atoms with Crippen LogP contribution in [0.3, 0.4) is 0 Å². The Hall–Kier alpha value is -1.85. The highest BCUT2D eigenvalue weighted by Crippen LogP contribution is 2.48. The van der Waals surface area contributed by atoms with E-state index in [4.69, 9.17) is 23.4 Å². The van der Waals surface area contributed by atoms with Crippen molar-refractivity contribution in [3.8, 4) is 0 Å². The smallest absolute Gasteiger partial charge is 0.330 e. The van der Waals surface area contributed by atoms with Crippen molar-refractivity contribution in [2.75, 3.05) is 20.8 Å². The average molecular weight is 613 g/mol. The second-order valence-corrected chi connectivity index (χ2v) is 18.1. The molecule has 0 aromatic rings. The number of carbonyl (C=O) groups is 3. The van der Waals surface area contributed by atoms with Crippen molar-refractivity contribution in [1.82, 2.24) is 0 Å². The largest absolute Gasteiger partial charge is 0.466 e. The summed E-state index contributed by atoms with van der Waals surface area (Å²) in [5, 5.41) is 11.0. The number of carbonyl (C=O) groups excluding carboxylic acids is 3. The van der Waals surface area contributed by atoms with Gasteiger partial charge in [0.05, 0.1) is 25.9 Å². The van der Waals surface area contributed by atoms with Crippen LogP contribution in [0.15, 0.2) is 23.8 Å². The summed E-state index contributed by atoms with van der Waals surface area (Å²) in [5.74, 6) is -2.67. The quantitative estimate of drug-likeness (QED) is 0.0689. The van der Waals surface area contributed by atoms with Gasteiger partial charge in [-0.1, -0.05) is 73.3 Å². The molecular weight excluding hydrogens is 556 g/mol. The number of hydrogen-bond acceptors (Lipinski definition) is 9. The molecule has 1 rings (SSSR count). The predicted molar refractivity (Wildman–Crippen MR) is 165 cm³/mol. The molecule has 9 nitrogen and oxygen atoms in total. The van der Waals surface area contributed by atoms with E-state index in [-0.39, 0.29) is 30.9 Å². The van der Waals surface area contributed by atoms with Gasteiger partial charge in [0.25, 0.3) is 0 Å². The highest BCUT2D eigenvalue weighted by atomic mass is 28.4. The van der Waals surface area contributed by atoms with E-state index < -0.39 is 49.8 Å². The van der Waals surface area contributed by atoms with Crippen LogP contribution in [0.25, 0.3) is 0 Å². The zero-order valence-corrected chi connectivity index (χ0v) is 28.6. The number of ether oxygens (including phenoxy) is 4. The van der Waals surface area contributed by atoms with Crippen LogP contribution in [0.2, 0.25) is 18.1 Å². The number of allylic oxidation sites excluding steroid dienone is 1. The van der Waals surface area contributed by atoms with Crippen molar-refractivity contribution >= 4 is 26.5 Å². The summed E-state index contributed by atoms with van der Waals surface area (Å²) in [6.07, 6.45) is 7.78. The maximum absolute atomic E-state index is 13.1. The highest BCUT2D eigenvalue weighted by molar-refractivity contribution is 6.74. The summed E-state index contributed by atoms with van der Waals surface area (Å²) >= 11 is 0. The van der Waals surface area contributed by atoms with E-state index in [1.54, 1.807) is 19.9 Å². The van der Waals surface area contributed by atoms with Crippen molar-refractivity contribution in [2.45, 2.75) is 135 Å². The first kappa shape index (κ1) is 38.2. The summed E-state index contributed by atoms with van der Waals surface area (Å²) in [6.45, 7) is 16.5. The summed E-state index contributed by atoms with van der Waals surface area (Å²) in [7, 11) is 0.615. The van der Waals surface area contributed by atoms with Crippen LogP contribution in [0, 0.1) is 5.41 Å². The molecule has 0 aromatic heterocycles. The lowest BCUT2D eigenvalue weighted by molar-refractivity contribution is -0.338. The van der Waals surface area contributed by atoms with Gasteiger partial charge in [-0.05, 0) is 42.6 Å². The Kier molecular flexibility index (Phi) is 15.3. The summed E-state index contributed by atoms with van der Waals surface area (Å²) in [5.41, 5.74) is -0.560. The number of esters is 2. The standard InChI is InChI=1S/C32H56O9Si/c1-11-12-13-14-15-17-27(35)40-29-24(21-28(36)37-7)20-26(22-25(34)23-39-42(9,10)30(2,3)4)41-32(29,38-8)31(5,6)18-16-19-33/h16,18-19,21,25-26,29,34H,11-15,17,20,22-23H2,1-10H3/t25-,26+,29+,32-/m1/s1. The Morgan fingerprint density at radius 3 is 2.31 bits per heavy atom. The second kappa shape index (κ2) is 16.8. The number of aliphatic hydroxyl groups is 1. The Balaban J connectivity index is 3.42. The summed E-state index contributed by atoms with van der Waals surface area (Å²) in [6, 6.07) is 0. The molecule has 4 atom stereocenters. The molecule has 10 heteroatoms. The molecule has 1 N–H and O–H groups in total. The summed E-state index contributed by atoms with van der Waals surface area (Å²) < 4.78 is 29.9. The van der Waals surface area contributed by atoms with Gasteiger partial charge in [-0.3, -0.25) is 9.59 Å². The average Bonchev–Trinajstić information content (AvgIpc) is 2.91. The topological polar surface area (TPSA) is 118 Å². The van der Waals surface area contributed by atoms with Gasteiger partial charge >= 0.3 is 11.9 Å². The molecule has 0 unspecified atom stereocenters. The number of methoxy groups -OCH3 is 2. The third-order valence-electron chi connectivity index (χ3n) is 8.50. The Morgan fingerprint density at radius 2 is 1.76 bits per heavy atom. The molecule has 0 radical (unpaired) electrons. The van der Waals surface area contributed by atoms with Gasteiger partial charge in [-0.15, -0.1) is 0 Å². The van der Waals surface area contributed by atoms with Crippen molar-refractivity contribution in [1.29, 1.82) is 0 Å². The Bertz CT molecular complexity index is 935. The third-order valence-corrected chi connectivity index (χ3v) is 13.0. The van der Waals surface area contributed by atoms with E-state index in [9.17, 15) is 19.5 Å². The van der Waals surface area contributed by atoms with Crippen LogP contribution in [0.4, 0.5) is 0 Å². The van der Waals surface area contributed by atoms with Crippen molar-refractivity contribution < 1.29 is 42.9 Å². The molecule has 1 aliphatic rings. The lowest BCUT2D eigenvalue weighted by Gasteiger charge is -2.53. The molecule has 0 aromatic carbocycles. The molecule has 0 spiro atoms. The fourth-order valence-corrected chi connectivity index (χ4v) is 5.90. The van der Waals surface area contributed by atoms with Crippen molar-refractivity contribution in [2.24, 2.45) is 5.41 Å². The van der Waals surface area contributed by atoms with E-state index in [1.165, 1.54) is 26.4 Å². The number of hydrogen-bond donors (Lipinski definition) is 1. The molecule has 242 valence electrons. The van der Waals surface area contributed by atoms with Crippen LogP contribution in [0.5, 0.6) is 0 Å². The lowest BCUT2D eigenvalue weighted by Crippen LogP contribution is -2.63. The first-order chi connectivity index (χ1) is 19.5. The third kappa shape index (κ3) is 10.7. The van der Waals surface area contributed by atoms with Gasteiger partial charge in [0, 0.05) is 31.4 Å². The van der Waals surface area contributed by atoms with E-state index in [1.807, 2.05) is 0 Å². The number of unbranched alkanes of at least 4 members (excludes halogenated alkanes) is 4.